The van der Waals surface area contributed by atoms with Crippen LogP contribution in [0.4, 0.5) is 4.79 Å². The lowest BCUT2D eigenvalue weighted by molar-refractivity contribution is 0.265. The van der Waals surface area contributed by atoms with Crippen LogP contribution in [0.2, 0.25) is 0 Å². The number of rotatable bonds is 2. The lowest BCUT2D eigenvalue weighted by Crippen LogP contribution is -2.24. The van der Waals surface area contributed by atoms with E-state index < -0.39 is 20.8 Å². The van der Waals surface area contributed by atoms with E-state index in [1.54, 1.807) is 0 Å². The Balaban J connectivity index is 2.88. The van der Waals surface area contributed by atoms with Crippen LogP contribution in [-0.4, -0.2) is 28.6 Å². The summed E-state index contributed by atoms with van der Waals surface area (Å²) in [4.78, 5) is 20.9. The molecular weight excluding hydrogens is 196 g/mol. The van der Waals surface area contributed by atoms with Crippen molar-refractivity contribution in [1.82, 2.24) is 15.0 Å². The molecule has 2 N–H and O–H groups in total. The molecule has 1 heterocycles. The maximum absolute atomic E-state index is 10.9. The molecule has 7 nitrogen and oxygen atoms in total. The van der Waals surface area contributed by atoms with Crippen molar-refractivity contribution in [1.29, 1.82) is 0 Å². The molecule has 0 saturated carbocycles. The van der Waals surface area contributed by atoms with E-state index in [2.05, 4.69) is 20.7 Å². The van der Waals surface area contributed by atoms with Gasteiger partial charge in [0.1, 0.15) is 24.2 Å². The SMILES string of the molecule is NC(=O)S(=O)(=O)Cc1ncncn1. The van der Waals surface area contributed by atoms with Gasteiger partial charge in [0.25, 0.3) is 0 Å². The zero-order valence-corrected chi connectivity index (χ0v) is 7.23. The summed E-state index contributed by atoms with van der Waals surface area (Å²) in [6, 6.07) is 0. The van der Waals surface area contributed by atoms with Gasteiger partial charge >= 0.3 is 5.24 Å². The largest absolute Gasteiger partial charge is 0.356 e. The van der Waals surface area contributed by atoms with Gasteiger partial charge in [0.15, 0.2) is 0 Å². The van der Waals surface area contributed by atoms with Gasteiger partial charge in [0.2, 0.25) is 9.84 Å². The summed E-state index contributed by atoms with van der Waals surface area (Å²) in [7, 11) is -3.97. The van der Waals surface area contributed by atoms with E-state index in [1.807, 2.05) is 0 Å². The Morgan fingerprint density at radius 1 is 1.38 bits per heavy atom. The molecule has 1 aromatic heterocycles. The maximum Gasteiger partial charge on any atom is 0.334 e. The quantitative estimate of drug-likeness (QED) is 0.648. The fourth-order valence-corrected chi connectivity index (χ4v) is 1.21. The van der Waals surface area contributed by atoms with Gasteiger partial charge < -0.3 is 5.73 Å². The summed E-state index contributed by atoms with van der Waals surface area (Å²) in [5, 5.41) is -1.38. The summed E-state index contributed by atoms with van der Waals surface area (Å²) >= 11 is 0. The lowest BCUT2D eigenvalue weighted by atomic mass is 10.7. The lowest BCUT2D eigenvalue weighted by Gasteiger charge is -1.96. The summed E-state index contributed by atoms with van der Waals surface area (Å²) in [5.74, 6) is -0.598. The Morgan fingerprint density at radius 3 is 2.38 bits per heavy atom. The number of primary amides is 1. The molecule has 0 radical (unpaired) electrons. The van der Waals surface area contributed by atoms with Crippen molar-refractivity contribution >= 4 is 15.1 Å². The van der Waals surface area contributed by atoms with Crippen LogP contribution in [0.5, 0.6) is 0 Å². The van der Waals surface area contributed by atoms with Gasteiger partial charge in [-0.25, -0.2) is 23.4 Å². The van der Waals surface area contributed by atoms with E-state index in [0.717, 1.165) is 12.7 Å². The van der Waals surface area contributed by atoms with Crippen LogP contribution >= 0.6 is 0 Å². The highest BCUT2D eigenvalue weighted by atomic mass is 32.2. The standard InChI is InChI=1S/C5H6N4O3S/c6-5(10)13(11,12)1-4-8-2-7-3-9-4/h2-3H,1H2,(H2,6,10). The first-order chi connectivity index (χ1) is 6.02. The van der Waals surface area contributed by atoms with E-state index in [4.69, 9.17) is 0 Å². The zero-order valence-electron chi connectivity index (χ0n) is 6.41. The molecule has 0 aliphatic rings. The molecule has 13 heavy (non-hydrogen) atoms. The Kier molecular flexibility index (Phi) is 2.52. The van der Waals surface area contributed by atoms with E-state index in [-0.39, 0.29) is 5.82 Å². The topological polar surface area (TPSA) is 116 Å². The minimum atomic E-state index is -3.97. The second-order valence-electron chi connectivity index (χ2n) is 2.13. The molecule has 0 spiro atoms. The van der Waals surface area contributed by atoms with Crippen LogP contribution in [0, 0.1) is 0 Å². The molecular formula is C5H6N4O3S. The first kappa shape index (κ1) is 9.52. The summed E-state index contributed by atoms with van der Waals surface area (Å²) in [6.45, 7) is 0. The molecule has 0 aliphatic carbocycles. The Morgan fingerprint density at radius 2 is 1.92 bits per heavy atom. The fraction of sp³-hybridized carbons (Fsp3) is 0.200. The number of nitrogens with zero attached hydrogens (tertiary/aromatic N) is 3. The average Bonchev–Trinajstić information content (AvgIpc) is 2.05. The number of carbonyl (C=O) groups excluding carboxylic acids is 1. The van der Waals surface area contributed by atoms with Crippen LogP contribution in [0.3, 0.4) is 0 Å². The fourth-order valence-electron chi connectivity index (χ4n) is 0.579. The molecule has 0 unspecified atom stereocenters. The number of nitrogens with two attached hydrogens (primary N) is 1. The molecule has 0 aromatic carbocycles. The molecule has 1 rings (SSSR count). The Labute approximate surface area is 73.9 Å². The number of aromatic nitrogens is 3. The third-order valence-corrected chi connectivity index (χ3v) is 2.42. The second kappa shape index (κ2) is 3.44. The normalized spacial score (nSPS) is 11.1. The predicted molar refractivity (Wildman–Crippen MR) is 42.0 cm³/mol. The van der Waals surface area contributed by atoms with E-state index in [1.165, 1.54) is 0 Å². The third-order valence-electron chi connectivity index (χ3n) is 1.17. The zero-order chi connectivity index (χ0) is 9.90. The smallest absolute Gasteiger partial charge is 0.334 e. The van der Waals surface area contributed by atoms with Crippen LogP contribution in [0.1, 0.15) is 5.82 Å². The number of amides is 1. The van der Waals surface area contributed by atoms with Crippen molar-refractivity contribution in [2.24, 2.45) is 5.73 Å². The van der Waals surface area contributed by atoms with Crippen molar-refractivity contribution in [3.8, 4) is 0 Å². The summed E-state index contributed by atoms with van der Waals surface area (Å²) in [6.07, 6.45) is 2.28. The van der Waals surface area contributed by atoms with Gasteiger partial charge in [-0.2, -0.15) is 0 Å². The van der Waals surface area contributed by atoms with Gasteiger partial charge in [-0.1, -0.05) is 0 Å². The molecule has 0 atom stereocenters. The minimum absolute atomic E-state index is 0.00574. The van der Waals surface area contributed by atoms with Crippen LogP contribution in [-0.2, 0) is 15.6 Å². The van der Waals surface area contributed by atoms with E-state index in [0.29, 0.717) is 0 Å². The van der Waals surface area contributed by atoms with E-state index in [9.17, 15) is 13.2 Å². The molecule has 0 aliphatic heterocycles. The molecule has 0 saturated heterocycles. The van der Waals surface area contributed by atoms with Gasteiger partial charge in [0.05, 0.1) is 0 Å². The van der Waals surface area contributed by atoms with Crippen LogP contribution < -0.4 is 5.73 Å². The third kappa shape index (κ3) is 2.44. The number of sulfone groups is 1. The minimum Gasteiger partial charge on any atom is -0.356 e. The van der Waals surface area contributed by atoms with Crippen molar-refractivity contribution < 1.29 is 13.2 Å². The highest BCUT2D eigenvalue weighted by Gasteiger charge is 2.20. The van der Waals surface area contributed by atoms with Crippen molar-refractivity contribution in [2.45, 2.75) is 5.75 Å². The molecule has 1 amide bonds. The van der Waals surface area contributed by atoms with Gasteiger partial charge in [0, 0.05) is 0 Å². The molecule has 0 bridgehead atoms. The molecule has 70 valence electrons. The van der Waals surface area contributed by atoms with Crippen LogP contribution in [0.25, 0.3) is 0 Å². The number of carbonyl (C=O) groups is 1. The monoisotopic (exact) mass is 202 g/mol. The Bertz CT molecular complexity index is 401. The van der Waals surface area contributed by atoms with Gasteiger partial charge in [-0.15, -0.1) is 0 Å². The van der Waals surface area contributed by atoms with Crippen molar-refractivity contribution in [3.63, 3.8) is 0 Å². The number of hydrogen-bond acceptors (Lipinski definition) is 6. The van der Waals surface area contributed by atoms with E-state index >= 15 is 0 Å². The number of hydrogen-bond donors (Lipinski definition) is 1. The van der Waals surface area contributed by atoms with Gasteiger partial charge in [-0.05, 0) is 0 Å². The first-order valence-electron chi connectivity index (χ1n) is 3.15. The predicted octanol–water partition coefficient (Wildman–Crippen LogP) is -1.13. The van der Waals surface area contributed by atoms with Gasteiger partial charge in [-0.3, -0.25) is 4.79 Å². The highest BCUT2D eigenvalue weighted by molar-refractivity contribution is 8.05. The molecule has 0 fully saturated rings. The first-order valence-corrected chi connectivity index (χ1v) is 4.80. The highest BCUT2D eigenvalue weighted by Crippen LogP contribution is 1.98. The van der Waals surface area contributed by atoms with Crippen molar-refractivity contribution in [3.05, 3.63) is 18.5 Å². The average molecular weight is 202 g/mol. The molecule has 1 aromatic rings. The molecule has 8 heteroatoms. The summed E-state index contributed by atoms with van der Waals surface area (Å²) in [5.41, 5.74) is 4.62. The van der Waals surface area contributed by atoms with Crippen molar-refractivity contribution in [2.75, 3.05) is 0 Å². The Hall–Kier alpha value is -1.57. The van der Waals surface area contributed by atoms with Crippen LogP contribution in [0.15, 0.2) is 12.7 Å². The maximum atomic E-state index is 10.9. The summed E-state index contributed by atoms with van der Waals surface area (Å²) < 4.78 is 21.8. The second-order valence-corrected chi connectivity index (χ2v) is 4.05.